The lowest BCUT2D eigenvalue weighted by Crippen LogP contribution is -2.40. The number of nitrogens with zero attached hydrogens (tertiary/aromatic N) is 2. The molecule has 1 aliphatic rings. The summed E-state index contributed by atoms with van der Waals surface area (Å²) in [6.07, 6.45) is 7.27. The molecule has 3 heterocycles. The monoisotopic (exact) mass is 492 g/mol. The van der Waals surface area contributed by atoms with Gasteiger partial charge in [-0.3, -0.25) is 9.98 Å². The molecule has 1 atom stereocenters. The molecule has 10 heteroatoms. The van der Waals surface area contributed by atoms with Crippen molar-refractivity contribution in [2.45, 2.75) is 44.4 Å². The Balaban J connectivity index is 1.35. The Hall–Kier alpha value is -3.47. The Morgan fingerprint density at radius 3 is 2.81 bits per heavy atom. The first-order valence-electron chi connectivity index (χ1n) is 12.5. The highest BCUT2D eigenvalue weighted by atomic mass is 16.5. The summed E-state index contributed by atoms with van der Waals surface area (Å²) in [7, 11) is 0. The molecular formula is C26H36N8O2. The zero-order valence-electron chi connectivity index (χ0n) is 20.6. The van der Waals surface area contributed by atoms with Crippen LogP contribution in [0.4, 0.5) is 0 Å². The van der Waals surface area contributed by atoms with Crippen molar-refractivity contribution >= 4 is 17.0 Å². The fraction of sp³-hybridized carbons (Fsp3) is 0.423. The largest absolute Gasteiger partial charge is 0.370 e. The van der Waals surface area contributed by atoms with E-state index in [0.29, 0.717) is 31.3 Å². The number of piperidine rings is 1. The molecule has 3 aromatic rings. The van der Waals surface area contributed by atoms with Gasteiger partial charge in [-0.05, 0) is 56.1 Å². The van der Waals surface area contributed by atoms with E-state index in [1.165, 1.54) is 0 Å². The average molecular weight is 493 g/mol. The quantitative estimate of drug-likeness (QED) is 0.128. The summed E-state index contributed by atoms with van der Waals surface area (Å²) >= 11 is 0. The number of rotatable bonds is 12. The second kappa shape index (κ2) is 12.5. The molecule has 0 amide bonds. The first-order valence-corrected chi connectivity index (χ1v) is 12.5. The first-order chi connectivity index (χ1) is 17.5. The number of aromatic amines is 1. The molecule has 1 fully saturated rings. The Morgan fingerprint density at radius 2 is 2.08 bits per heavy atom. The number of aromatic nitrogens is 3. The van der Waals surface area contributed by atoms with Crippen LogP contribution in [-0.4, -0.2) is 58.8 Å². The smallest absolute Gasteiger partial charge is 0.354 e. The van der Waals surface area contributed by atoms with Gasteiger partial charge in [0.25, 0.3) is 0 Å². The molecule has 1 saturated heterocycles. The van der Waals surface area contributed by atoms with Crippen LogP contribution in [0.1, 0.15) is 30.5 Å². The van der Waals surface area contributed by atoms with Crippen LogP contribution in [0, 0.1) is 5.41 Å². The Bertz CT molecular complexity index is 1210. The van der Waals surface area contributed by atoms with Crippen LogP contribution >= 0.6 is 0 Å². The molecule has 1 aromatic carbocycles. The number of nitrogens with one attached hydrogen (secondary N) is 5. The maximum absolute atomic E-state index is 12.7. The van der Waals surface area contributed by atoms with Crippen LogP contribution in [-0.2, 0) is 17.8 Å². The van der Waals surface area contributed by atoms with E-state index < -0.39 is 0 Å². The molecule has 1 aliphatic heterocycles. The van der Waals surface area contributed by atoms with Gasteiger partial charge in [0.05, 0.1) is 18.4 Å². The average Bonchev–Trinajstić information content (AvgIpc) is 3.27. The van der Waals surface area contributed by atoms with E-state index in [-0.39, 0.29) is 17.8 Å². The van der Waals surface area contributed by atoms with Crippen LogP contribution < -0.4 is 27.4 Å². The van der Waals surface area contributed by atoms with Crippen molar-refractivity contribution in [3.05, 3.63) is 70.9 Å². The summed E-state index contributed by atoms with van der Waals surface area (Å²) in [6.45, 7) is 7.80. The molecular weight excluding hydrogens is 456 g/mol. The third-order valence-electron chi connectivity index (χ3n) is 6.42. The Labute approximate surface area is 210 Å². The first kappa shape index (κ1) is 25.6. The minimum atomic E-state index is -0.322. The molecule has 0 spiro atoms. The maximum Gasteiger partial charge on any atom is 0.354 e. The van der Waals surface area contributed by atoms with Gasteiger partial charge in [-0.2, -0.15) is 4.98 Å². The molecule has 10 nitrogen and oxygen atoms in total. The van der Waals surface area contributed by atoms with Gasteiger partial charge in [-0.15, -0.1) is 6.58 Å². The summed E-state index contributed by atoms with van der Waals surface area (Å²) in [5.41, 5.74) is 8.40. The van der Waals surface area contributed by atoms with Gasteiger partial charge in [0, 0.05) is 42.8 Å². The van der Waals surface area contributed by atoms with E-state index in [1.807, 2.05) is 30.5 Å². The van der Waals surface area contributed by atoms with Crippen LogP contribution in [0.25, 0.3) is 16.7 Å². The van der Waals surface area contributed by atoms with Crippen molar-refractivity contribution in [3.63, 3.8) is 0 Å². The third kappa shape index (κ3) is 7.03. The number of benzene rings is 1. The Kier molecular flexibility index (Phi) is 8.88. The standard InChI is InChI=1S/C26H36N8O2/c1-2-23(10-14-31-25(27)28)36-17-18-3-5-22(6-4-18)34-16-19-15-21(32-24(19)33-26(34)35)9-13-30-20-7-11-29-12-8-20/h2-6,15-16,20,23,29-30H,1,7-14,17H2,(H4,27,28,31)(H,32,33,35)/t23-/m0/s1. The number of hydrogen-bond acceptors (Lipinski definition) is 6. The van der Waals surface area contributed by atoms with Crippen molar-refractivity contribution in [2.75, 3.05) is 26.2 Å². The SMILES string of the molecule is C=C[C@@H](CCNC(=N)N)OCc1ccc(-n2cc3cc(CCNC4CCNCC4)[nH]c3nc2=O)cc1. The van der Waals surface area contributed by atoms with Gasteiger partial charge in [0.1, 0.15) is 5.65 Å². The minimum absolute atomic E-state index is 0.0585. The molecule has 2 aromatic heterocycles. The predicted molar refractivity (Wildman–Crippen MR) is 143 cm³/mol. The summed E-state index contributed by atoms with van der Waals surface area (Å²) in [4.78, 5) is 20.3. The second-order valence-electron chi connectivity index (χ2n) is 9.10. The van der Waals surface area contributed by atoms with Crippen LogP contribution in [0.15, 0.2) is 54.0 Å². The third-order valence-corrected chi connectivity index (χ3v) is 6.42. The lowest BCUT2D eigenvalue weighted by atomic mass is 10.1. The highest BCUT2D eigenvalue weighted by Gasteiger charge is 2.13. The molecule has 4 rings (SSSR count). The zero-order valence-corrected chi connectivity index (χ0v) is 20.6. The fourth-order valence-corrected chi connectivity index (χ4v) is 4.38. The van der Waals surface area contributed by atoms with Crippen molar-refractivity contribution in [1.82, 2.24) is 30.5 Å². The molecule has 0 radical (unpaired) electrons. The molecule has 0 bridgehead atoms. The van der Waals surface area contributed by atoms with E-state index in [9.17, 15) is 4.79 Å². The number of hydrogen-bond donors (Lipinski definition) is 6. The molecule has 0 unspecified atom stereocenters. The van der Waals surface area contributed by atoms with Crippen molar-refractivity contribution in [1.29, 1.82) is 5.41 Å². The van der Waals surface area contributed by atoms with E-state index >= 15 is 0 Å². The summed E-state index contributed by atoms with van der Waals surface area (Å²) in [5, 5.41) is 17.9. The second-order valence-corrected chi connectivity index (χ2v) is 9.10. The lowest BCUT2D eigenvalue weighted by Gasteiger charge is -2.23. The predicted octanol–water partition coefficient (Wildman–Crippen LogP) is 1.54. The lowest BCUT2D eigenvalue weighted by molar-refractivity contribution is 0.0676. The summed E-state index contributed by atoms with van der Waals surface area (Å²) in [5.74, 6) is -0.0585. The van der Waals surface area contributed by atoms with Gasteiger partial charge in [0.2, 0.25) is 0 Å². The summed E-state index contributed by atoms with van der Waals surface area (Å²) in [6, 6.07) is 10.3. The molecule has 36 heavy (non-hydrogen) atoms. The molecule has 0 aliphatic carbocycles. The number of fused-ring (bicyclic) bond motifs is 1. The van der Waals surface area contributed by atoms with Crippen molar-refractivity contribution in [2.24, 2.45) is 5.73 Å². The van der Waals surface area contributed by atoms with Crippen molar-refractivity contribution < 1.29 is 4.74 Å². The normalized spacial score (nSPS) is 15.1. The van der Waals surface area contributed by atoms with Gasteiger partial charge >= 0.3 is 5.69 Å². The molecule has 7 N–H and O–H groups in total. The molecule has 192 valence electrons. The van der Waals surface area contributed by atoms with Gasteiger partial charge < -0.3 is 31.4 Å². The zero-order chi connectivity index (χ0) is 25.3. The highest BCUT2D eigenvalue weighted by molar-refractivity contribution is 5.75. The maximum atomic E-state index is 12.7. The van der Waals surface area contributed by atoms with Gasteiger partial charge in [-0.1, -0.05) is 18.2 Å². The molecule has 0 saturated carbocycles. The minimum Gasteiger partial charge on any atom is -0.370 e. The Morgan fingerprint density at radius 1 is 1.31 bits per heavy atom. The van der Waals surface area contributed by atoms with E-state index in [0.717, 1.165) is 61.2 Å². The summed E-state index contributed by atoms with van der Waals surface area (Å²) < 4.78 is 7.46. The van der Waals surface area contributed by atoms with E-state index in [1.54, 1.807) is 10.6 Å². The number of H-pyrrole nitrogens is 1. The van der Waals surface area contributed by atoms with E-state index in [2.05, 4.69) is 38.6 Å². The highest BCUT2D eigenvalue weighted by Crippen LogP contribution is 2.16. The van der Waals surface area contributed by atoms with Crippen LogP contribution in [0.2, 0.25) is 0 Å². The van der Waals surface area contributed by atoms with Crippen molar-refractivity contribution in [3.8, 4) is 5.69 Å². The number of guanidine groups is 1. The number of nitrogens with two attached hydrogens (primary N) is 1. The van der Waals surface area contributed by atoms with Gasteiger partial charge in [0.15, 0.2) is 5.96 Å². The van der Waals surface area contributed by atoms with Crippen LogP contribution in [0.3, 0.4) is 0 Å². The topological polar surface area (TPSA) is 146 Å². The van der Waals surface area contributed by atoms with Crippen LogP contribution in [0.5, 0.6) is 0 Å². The number of ether oxygens (including phenoxy) is 1. The van der Waals surface area contributed by atoms with E-state index in [4.69, 9.17) is 15.9 Å². The van der Waals surface area contributed by atoms with Gasteiger partial charge in [-0.25, -0.2) is 4.79 Å². The fourth-order valence-electron chi connectivity index (χ4n) is 4.38.